The van der Waals surface area contributed by atoms with Crippen LogP contribution in [-0.2, 0) is 4.79 Å². The van der Waals surface area contributed by atoms with Crippen molar-refractivity contribution in [2.75, 3.05) is 39.8 Å². The summed E-state index contributed by atoms with van der Waals surface area (Å²) in [5, 5.41) is 2.68. The topological polar surface area (TPSA) is 35.6 Å². The zero-order chi connectivity index (χ0) is 11.5. The molecule has 0 bridgehead atoms. The highest BCUT2D eigenvalue weighted by Crippen LogP contribution is 2.34. The minimum absolute atomic E-state index is 0.709. The third-order valence-corrected chi connectivity index (χ3v) is 3.63. The van der Waals surface area contributed by atoms with Crippen molar-refractivity contribution < 1.29 is 4.79 Å². The predicted octanol–water partition coefficient (Wildman–Crippen LogP) is 1.90. The highest BCUT2D eigenvalue weighted by molar-refractivity contribution is 14.1. The zero-order valence-electron chi connectivity index (χ0n) is 9.11. The van der Waals surface area contributed by atoms with Gasteiger partial charge < -0.3 is 15.1 Å². The van der Waals surface area contributed by atoms with Gasteiger partial charge in [-0.25, -0.2) is 0 Å². The van der Waals surface area contributed by atoms with Crippen LogP contribution in [0.1, 0.15) is 0 Å². The average molecular weight is 331 g/mol. The van der Waals surface area contributed by atoms with E-state index in [9.17, 15) is 4.79 Å². The molecule has 0 radical (unpaired) electrons. The summed E-state index contributed by atoms with van der Waals surface area (Å²) in [6.45, 7) is 2.06. The molecule has 4 nitrogen and oxygen atoms in total. The van der Waals surface area contributed by atoms with Crippen LogP contribution in [0.4, 0.5) is 17.1 Å². The first kappa shape index (κ1) is 11.5. The number of benzene rings is 1. The van der Waals surface area contributed by atoms with E-state index in [2.05, 4.69) is 50.8 Å². The molecule has 1 aromatic rings. The van der Waals surface area contributed by atoms with Crippen molar-refractivity contribution in [2.24, 2.45) is 0 Å². The number of likely N-dealkylation sites (N-methyl/N-ethyl adjacent to an activating group) is 1. The molecule has 0 fully saturated rings. The first-order valence-corrected chi connectivity index (χ1v) is 6.65. The lowest BCUT2D eigenvalue weighted by atomic mass is 10.1. The second kappa shape index (κ2) is 4.90. The summed E-state index contributed by atoms with van der Waals surface area (Å²) in [7, 11) is 2.08. The van der Waals surface area contributed by atoms with E-state index in [1.807, 2.05) is 12.1 Å². The van der Waals surface area contributed by atoms with Gasteiger partial charge in [0.1, 0.15) is 0 Å². The maximum absolute atomic E-state index is 10.4. The molecule has 0 aliphatic carbocycles. The van der Waals surface area contributed by atoms with Gasteiger partial charge in [-0.2, -0.15) is 0 Å². The van der Waals surface area contributed by atoms with E-state index in [1.54, 1.807) is 0 Å². The highest BCUT2D eigenvalue weighted by Gasteiger charge is 2.19. The first-order chi connectivity index (χ1) is 7.76. The fourth-order valence-electron chi connectivity index (χ4n) is 1.89. The Hall–Kier alpha value is -0.980. The number of amides is 1. The number of hydrogen-bond acceptors (Lipinski definition) is 3. The SMILES string of the molecule is CN1CCN(CI)c2ccc(NC=O)cc21. The molecule has 0 aromatic heterocycles. The molecule has 0 unspecified atom stereocenters. The third kappa shape index (κ3) is 2.09. The van der Waals surface area contributed by atoms with E-state index in [0.717, 1.165) is 23.3 Å². The zero-order valence-corrected chi connectivity index (χ0v) is 11.3. The molecule has 16 heavy (non-hydrogen) atoms. The van der Waals surface area contributed by atoms with Crippen LogP contribution >= 0.6 is 22.6 Å². The maximum atomic E-state index is 10.4. The number of rotatable bonds is 3. The Kier molecular flexibility index (Phi) is 3.52. The molecule has 2 rings (SSSR count). The first-order valence-electron chi connectivity index (χ1n) is 5.12. The number of hydrogen-bond donors (Lipinski definition) is 1. The Labute approximate surface area is 109 Å². The number of alkyl halides is 1. The van der Waals surface area contributed by atoms with Crippen LogP contribution in [0.5, 0.6) is 0 Å². The van der Waals surface area contributed by atoms with E-state index >= 15 is 0 Å². The van der Waals surface area contributed by atoms with Gasteiger partial charge in [-0.3, -0.25) is 4.79 Å². The van der Waals surface area contributed by atoms with E-state index in [-0.39, 0.29) is 0 Å². The van der Waals surface area contributed by atoms with Gasteiger partial charge in [0, 0.05) is 25.8 Å². The van der Waals surface area contributed by atoms with Crippen LogP contribution in [0.2, 0.25) is 0 Å². The van der Waals surface area contributed by atoms with Crippen molar-refractivity contribution in [1.29, 1.82) is 0 Å². The quantitative estimate of drug-likeness (QED) is 0.398. The van der Waals surface area contributed by atoms with Crippen molar-refractivity contribution in [1.82, 2.24) is 0 Å². The smallest absolute Gasteiger partial charge is 0.211 e. The summed E-state index contributed by atoms with van der Waals surface area (Å²) in [4.78, 5) is 15.0. The van der Waals surface area contributed by atoms with Crippen LogP contribution in [0.3, 0.4) is 0 Å². The lowest BCUT2D eigenvalue weighted by molar-refractivity contribution is -0.105. The maximum Gasteiger partial charge on any atom is 0.211 e. The van der Waals surface area contributed by atoms with Crippen molar-refractivity contribution in [3.8, 4) is 0 Å². The Morgan fingerprint density at radius 1 is 1.44 bits per heavy atom. The highest BCUT2D eigenvalue weighted by atomic mass is 127. The molecule has 1 aliphatic rings. The normalized spacial score (nSPS) is 14.6. The lowest BCUT2D eigenvalue weighted by Crippen LogP contribution is -2.38. The molecule has 0 saturated heterocycles. The number of halogens is 1. The number of nitrogens with one attached hydrogen (secondary N) is 1. The van der Waals surface area contributed by atoms with Gasteiger partial charge in [0.25, 0.3) is 0 Å². The molecule has 1 heterocycles. The summed E-state index contributed by atoms with van der Waals surface area (Å²) in [5.74, 6) is 0. The van der Waals surface area contributed by atoms with Gasteiger partial charge in [-0.15, -0.1) is 0 Å². The Morgan fingerprint density at radius 2 is 2.25 bits per heavy atom. The number of carbonyl (C=O) groups is 1. The summed E-state index contributed by atoms with van der Waals surface area (Å²) in [6, 6.07) is 6.02. The van der Waals surface area contributed by atoms with Crippen LogP contribution in [-0.4, -0.2) is 31.1 Å². The van der Waals surface area contributed by atoms with Crippen molar-refractivity contribution in [3.63, 3.8) is 0 Å². The Morgan fingerprint density at radius 3 is 2.94 bits per heavy atom. The number of nitrogens with zero attached hydrogens (tertiary/aromatic N) is 2. The van der Waals surface area contributed by atoms with E-state index in [1.165, 1.54) is 11.4 Å². The van der Waals surface area contributed by atoms with Gasteiger partial charge >= 0.3 is 0 Å². The van der Waals surface area contributed by atoms with Gasteiger partial charge in [0.2, 0.25) is 6.41 Å². The van der Waals surface area contributed by atoms with Crippen LogP contribution < -0.4 is 15.1 Å². The molecule has 0 atom stereocenters. The molecule has 0 spiro atoms. The summed E-state index contributed by atoms with van der Waals surface area (Å²) < 4.78 is 0.985. The lowest BCUT2D eigenvalue weighted by Gasteiger charge is -2.36. The van der Waals surface area contributed by atoms with Gasteiger partial charge in [0.15, 0.2) is 0 Å². The Balaban J connectivity index is 2.38. The second-order valence-electron chi connectivity index (χ2n) is 3.77. The van der Waals surface area contributed by atoms with Crippen molar-refractivity contribution >= 4 is 46.1 Å². The molecule has 1 aliphatic heterocycles. The summed E-state index contributed by atoms with van der Waals surface area (Å²) in [6.07, 6.45) is 0.709. The van der Waals surface area contributed by atoms with Crippen LogP contribution in [0.25, 0.3) is 0 Å². The largest absolute Gasteiger partial charge is 0.371 e. The molecule has 1 amide bonds. The summed E-state index contributed by atoms with van der Waals surface area (Å²) >= 11 is 2.37. The molecular formula is C11H14IN3O. The number of anilines is 3. The van der Waals surface area contributed by atoms with Crippen molar-refractivity contribution in [2.45, 2.75) is 0 Å². The molecule has 0 saturated carbocycles. The van der Waals surface area contributed by atoms with E-state index in [4.69, 9.17) is 0 Å². The van der Waals surface area contributed by atoms with Gasteiger partial charge in [-0.1, -0.05) is 22.6 Å². The predicted molar refractivity (Wildman–Crippen MR) is 75.6 cm³/mol. The second-order valence-corrected chi connectivity index (χ2v) is 4.45. The van der Waals surface area contributed by atoms with Gasteiger partial charge in [0.05, 0.1) is 15.9 Å². The fourth-order valence-corrected chi connectivity index (χ4v) is 2.60. The van der Waals surface area contributed by atoms with E-state index < -0.39 is 0 Å². The number of carbonyl (C=O) groups excluding carboxylic acids is 1. The summed E-state index contributed by atoms with van der Waals surface area (Å²) in [5.41, 5.74) is 3.25. The molecule has 5 heteroatoms. The average Bonchev–Trinajstić information content (AvgIpc) is 2.31. The third-order valence-electron chi connectivity index (χ3n) is 2.80. The monoisotopic (exact) mass is 331 g/mol. The Bertz CT molecular complexity index is 397. The molecule has 1 aromatic carbocycles. The van der Waals surface area contributed by atoms with E-state index in [0.29, 0.717) is 6.41 Å². The number of fused-ring (bicyclic) bond motifs is 1. The van der Waals surface area contributed by atoms with Crippen LogP contribution in [0, 0.1) is 0 Å². The molecule has 1 N–H and O–H groups in total. The van der Waals surface area contributed by atoms with Crippen molar-refractivity contribution in [3.05, 3.63) is 18.2 Å². The minimum atomic E-state index is 0.709. The standard InChI is InChI=1S/C11H14IN3O/c1-14-4-5-15(7-12)10-3-2-9(13-8-16)6-11(10)14/h2-3,6,8H,4-5,7H2,1H3,(H,13,16). The minimum Gasteiger partial charge on any atom is -0.371 e. The molecule has 86 valence electrons. The van der Waals surface area contributed by atoms with Crippen LogP contribution in [0.15, 0.2) is 18.2 Å². The molecular weight excluding hydrogens is 317 g/mol. The van der Waals surface area contributed by atoms with Gasteiger partial charge in [-0.05, 0) is 18.2 Å². The fraction of sp³-hybridized carbons (Fsp3) is 0.364.